The second-order valence-electron chi connectivity index (χ2n) is 8.57. The molecule has 0 aliphatic rings. The van der Waals surface area contributed by atoms with Gasteiger partial charge in [-0.15, -0.1) is 0 Å². The highest BCUT2D eigenvalue weighted by molar-refractivity contribution is 5.92. The average Bonchev–Trinajstić information content (AvgIpc) is 3.44. The molecule has 38 heavy (non-hydrogen) atoms. The van der Waals surface area contributed by atoms with Crippen LogP contribution in [0.3, 0.4) is 0 Å². The maximum absolute atomic E-state index is 13.5. The van der Waals surface area contributed by atoms with Crippen LogP contribution in [0.4, 0.5) is 5.69 Å². The number of carbonyl (C=O) groups is 2. The highest BCUT2D eigenvalue weighted by atomic mass is 16.5. The molecule has 4 aromatic rings. The lowest BCUT2D eigenvalue weighted by atomic mass is 10.2. The number of rotatable bonds is 10. The summed E-state index contributed by atoms with van der Waals surface area (Å²) in [7, 11) is 2.86. The zero-order valence-corrected chi connectivity index (χ0v) is 21.3. The lowest BCUT2D eigenvalue weighted by Gasteiger charge is -2.16. The van der Waals surface area contributed by atoms with Crippen LogP contribution in [0.2, 0.25) is 0 Å². The van der Waals surface area contributed by atoms with E-state index in [9.17, 15) is 19.2 Å². The number of hydrogen-bond acceptors (Lipinski definition) is 7. The topological polar surface area (TPSA) is 134 Å². The van der Waals surface area contributed by atoms with E-state index in [4.69, 9.17) is 13.9 Å². The van der Waals surface area contributed by atoms with Crippen molar-refractivity contribution in [3.63, 3.8) is 0 Å². The van der Waals surface area contributed by atoms with Crippen LogP contribution in [0.1, 0.15) is 17.7 Å². The zero-order valence-electron chi connectivity index (χ0n) is 21.3. The predicted octanol–water partition coefficient (Wildman–Crippen LogP) is 2.43. The minimum absolute atomic E-state index is 0.135. The van der Waals surface area contributed by atoms with Crippen LogP contribution in [0.25, 0.3) is 10.9 Å². The van der Waals surface area contributed by atoms with E-state index in [2.05, 4.69) is 10.6 Å². The van der Waals surface area contributed by atoms with Crippen molar-refractivity contribution >= 4 is 28.4 Å². The molecule has 2 aromatic carbocycles. The summed E-state index contributed by atoms with van der Waals surface area (Å²) in [6.07, 6.45) is 1.36. The Balaban J connectivity index is 1.67. The quantitative estimate of drug-likeness (QED) is 0.328. The van der Waals surface area contributed by atoms with E-state index < -0.39 is 17.2 Å². The van der Waals surface area contributed by atoms with Crippen molar-refractivity contribution in [1.82, 2.24) is 14.5 Å². The molecule has 0 atom stereocenters. The maximum atomic E-state index is 13.5. The third kappa shape index (κ3) is 5.77. The molecule has 0 fully saturated rings. The second-order valence-corrected chi connectivity index (χ2v) is 8.57. The fourth-order valence-corrected chi connectivity index (χ4v) is 3.98. The number of anilines is 1. The third-order valence-corrected chi connectivity index (χ3v) is 5.97. The summed E-state index contributed by atoms with van der Waals surface area (Å²) in [6, 6.07) is 13.6. The number of amides is 2. The highest BCUT2D eigenvalue weighted by Crippen LogP contribution is 2.30. The Bertz CT molecular complexity index is 1570. The van der Waals surface area contributed by atoms with Gasteiger partial charge in [0, 0.05) is 24.7 Å². The summed E-state index contributed by atoms with van der Waals surface area (Å²) in [5, 5.41) is 5.59. The van der Waals surface area contributed by atoms with Gasteiger partial charge in [-0.05, 0) is 37.3 Å². The summed E-state index contributed by atoms with van der Waals surface area (Å²) < 4.78 is 18.0. The number of fused-ring (bicyclic) bond motifs is 1. The standard InChI is InChI=1S/C27H28N4O7/c1-17-6-8-18(9-7-17)29-25(33)16-31-21-14-23(37-3)22(36-2)13-20(21)26(34)30(27(31)35)11-10-24(32)28-15-19-5-4-12-38-19/h4-9,12-14H,10-11,15-16H2,1-3H3,(H,28,32)(H,29,33). The van der Waals surface area contributed by atoms with Crippen LogP contribution in [0.5, 0.6) is 11.5 Å². The fourth-order valence-electron chi connectivity index (χ4n) is 3.98. The highest BCUT2D eigenvalue weighted by Gasteiger charge is 2.19. The number of methoxy groups -OCH3 is 2. The molecule has 2 aromatic heterocycles. The molecule has 0 saturated heterocycles. The number of nitrogens with one attached hydrogen (secondary N) is 2. The number of aryl methyl sites for hydroxylation is 1. The molecule has 0 bridgehead atoms. The molecule has 2 heterocycles. The van der Waals surface area contributed by atoms with Crippen LogP contribution in [-0.4, -0.2) is 35.2 Å². The Morgan fingerprint density at radius 3 is 2.32 bits per heavy atom. The van der Waals surface area contributed by atoms with Gasteiger partial charge < -0.3 is 24.5 Å². The summed E-state index contributed by atoms with van der Waals surface area (Å²) in [5.74, 6) is 0.317. The minimum atomic E-state index is -0.729. The van der Waals surface area contributed by atoms with Gasteiger partial charge in [-0.2, -0.15) is 0 Å². The Hall–Kier alpha value is -4.80. The zero-order chi connectivity index (χ0) is 27.2. The van der Waals surface area contributed by atoms with Gasteiger partial charge in [0.1, 0.15) is 12.3 Å². The third-order valence-electron chi connectivity index (χ3n) is 5.97. The van der Waals surface area contributed by atoms with Gasteiger partial charge in [-0.1, -0.05) is 17.7 Å². The molecule has 4 rings (SSSR count). The van der Waals surface area contributed by atoms with E-state index in [1.54, 1.807) is 24.3 Å². The van der Waals surface area contributed by atoms with Gasteiger partial charge in [-0.25, -0.2) is 4.79 Å². The van der Waals surface area contributed by atoms with Gasteiger partial charge in [0.25, 0.3) is 5.56 Å². The van der Waals surface area contributed by atoms with E-state index in [0.29, 0.717) is 17.2 Å². The van der Waals surface area contributed by atoms with Crippen LogP contribution in [0.15, 0.2) is 68.8 Å². The minimum Gasteiger partial charge on any atom is -0.493 e. The first-order chi connectivity index (χ1) is 18.3. The molecule has 2 N–H and O–H groups in total. The Morgan fingerprint density at radius 2 is 1.66 bits per heavy atom. The molecular formula is C27H28N4O7. The number of nitrogens with zero attached hydrogens (tertiary/aromatic N) is 2. The molecule has 0 aliphatic heterocycles. The summed E-state index contributed by atoms with van der Waals surface area (Å²) in [4.78, 5) is 52.1. The molecule has 0 saturated carbocycles. The maximum Gasteiger partial charge on any atom is 0.331 e. The number of ether oxygens (including phenoxy) is 2. The van der Waals surface area contributed by atoms with Crippen molar-refractivity contribution in [2.75, 3.05) is 19.5 Å². The SMILES string of the molecule is COc1cc2c(=O)n(CCC(=O)NCc3ccco3)c(=O)n(CC(=O)Nc3ccc(C)cc3)c2cc1OC. The number of benzene rings is 2. The Labute approximate surface area is 217 Å². The summed E-state index contributed by atoms with van der Waals surface area (Å²) >= 11 is 0. The normalized spacial score (nSPS) is 10.8. The Kier molecular flexibility index (Phi) is 7.95. The van der Waals surface area contributed by atoms with Crippen LogP contribution < -0.4 is 31.4 Å². The van der Waals surface area contributed by atoms with Crippen molar-refractivity contribution < 1.29 is 23.5 Å². The second kappa shape index (κ2) is 11.5. The molecule has 0 unspecified atom stereocenters. The molecule has 0 aliphatic carbocycles. The summed E-state index contributed by atoms with van der Waals surface area (Å²) in [5.41, 5.74) is 0.466. The molecule has 198 valence electrons. The van der Waals surface area contributed by atoms with Crippen molar-refractivity contribution in [1.29, 1.82) is 0 Å². The first kappa shape index (κ1) is 26.3. The van der Waals surface area contributed by atoms with Crippen LogP contribution in [-0.2, 0) is 29.2 Å². The molecule has 0 spiro atoms. The van der Waals surface area contributed by atoms with Gasteiger partial charge in [0.05, 0.1) is 37.9 Å². The predicted molar refractivity (Wildman–Crippen MR) is 141 cm³/mol. The number of hydrogen-bond donors (Lipinski definition) is 2. The van der Waals surface area contributed by atoms with E-state index in [1.807, 2.05) is 19.1 Å². The molecule has 11 heteroatoms. The van der Waals surface area contributed by atoms with E-state index in [-0.39, 0.29) is 48.6 Å². The monoisotopic (exact) mass is 520 g/mol. The lowest BCUT2D eigenvalue weighted by molar-refractivity contribution is -0.121. The number of carbonyl (C=O) groups excluding carboxylic acids is 2. The number of aromatic nitrogens is 2. The van der Waals surface area contributed by atoms with E-state index >= 15 is 0 Å². The van der Waals surface area contributed by atoms with Crippen molar-refractivity contribution in [3.05, 3.63) is 87.0 Å². The van der Waals surface area contributed by atoms with E-state index in [1.165, 1.54) is 37.2 Å². The number of furan rings is 1. The molecule has 11 nitrogen and oxygen atoms in total. The van der Waals surface area contributed by atoms with Crippen molar-refractivity contribution in [3.8, 4) is 11.5 Å². The van der Waals surface area contributed by atoms with Gasteiger partial charge in [0.15, 0.2) is 11.5 Å². The first-order valence-electron chi connectivity index (χ1n) is 11.9. The smallest absolute Gasteiger partial charge is 0.331 e. The van der Waals surface area contributed by atoms with Crippen molar-refractivity contribution in [2.24, 2.45) is 0 Å². The average molecular weight is 521 g/mol. The van der Waals surface area contributed by atoms with Gasteiger partial charge in [-0.3, -0.25) is 23.5 Å². The van der Waals surface area contributed by atoms with Crippen molar-refractivity contribution in [2.45, 2.75) is 33.0 Å². The van der Waals surface area contributed by atoms with Crippen LogP contribution >= 0.6 is 0 Å². The lowest BCUT2D eigenvalue weighted by Crippen LogP contribution is -2.42. The van der Waals surface area contributed by atoms with Gasteiger partial charge >= 0.3 is 5.69 Å². The van der Waals surface area contributed by atoms with Crippen LogP contribution in [0, 0.1) is 6.92 Å². The van der Waals surface area contributed by atoms with E-state index in [0.717, 1.165) is 10.1 Å². The first-order valence-corrected chi connectivity index (χ1v) is 11.9. The largest absolute Gasteiger partial charge is 0.493 e. The molecule has 2 amide bonds. The van der Waals surface area contributed by atoms with Gasteiger partial charge in [0.2, 0.25) is 11.8 Å². The molecular weight excluding hydrogens is 492 g/mol. The fraction of sp³-hybridized carbons (Fsp3) is 0.259. The molecule has 0 radical (unpaired) electrons. The summed E-state index contributed by atoms with van der Waals surface area (Å²) in [6.45, 7) is 1.55. The Morgan fingerprint density at radius 1 is 0.947 bits per heavy atom.